The van der Waals surface area contributed by atoms with Gasteiger partial charge in [-0.05, 0) is 74.0 Å². The van der Waals surface area contributed by atoms with Crippen LogP contribution < -0.4 is 21.1 Å². The molecule has 41 heavy (non-hydrogen) atoms. The van der Waals surface area contributed by atoms with Crippen molar-refractivity contribution in [1.82, 2.24) is 10.3 Å². The molecular weight excluding hydrogens is 593 g/mol. The fourth-order valence-electron chi connectivity index (χ4n) is 4.64. The molecule has 1 fully saturated rings. The Labute approximate surface area is 255 Å². The molecule has 1 aliphatic rings. The highest BCUT2D eigenvalue weighted by molar-refractivity contribution is 6.30. The molecule has 4 N–H and O–H groups in total. The van der Waals surface area contributed by atoms with Gasteiger partial charge in [-0.3, -0.25) is 24.7 Å². The zero-order valence-corrected chi connectivity index (χ0v) is 24.4. The number of nitrogens with zero attached hydrogens (tertiary/aromatic N) is 2. The molecule has 10 nitrogen and oxygen atoms in total. The van der Waals surface area contributed by atoms with Crippen molar-refractivity contribution in [2.75, 3.05) is 11.9 Å². The molecule has 1 aromatic heterocycles. The normalized spacial score (nSPS) is 16.7. The number of hydrogen-bond acceptors (Lipinski definition) is 7. The summed E-state index contributed by atoms with van der Waals surface area (Å²) in [6.45, 7) is 0.613. The average molecular weight is 625 g/mol. The van der Waals surface area contributed by atoms with Gasteiger partial charge in [0.2, 0.25) is 17.6 Å². The number of anilines is 1. The van der Waals surface area contributed by atoms with Crippen LogP contribution >= 0.6 is 36.4 Å². The maximum absolute atomic E-state index is 13.3. The summed E-state index contributed by atoms with van der Waals surface area (Å²) in [7, 11) is 0. The van der Waals surface area contributed by atoms with E-state index in [2.05, 4.69) is 15.6 Å². The summed E-state index contributed by atoms with van der Waals surface area (Å²) in [5.74, 6) is 0.0416. The van der Waals surface area contributed by atoms with E-state index in [1.54, 1.807) is 48.8 Å². The van der Waals surface area contributed by atoms with Gasteiger partial charge in [0, 0.05) is 47.6 Å². The number of nitrogens with two attached hydrogens (primary N) is 1. The first kappa shape index (κ1) is 33.8. The number of nitro benzene ring substituents is 1. The molecular formula is C28H32Cl3N5O5. The number of pyridine rings is 1. The number of rotatable bonds is 10. The SMILES string of the molecule is Cl.Cl.NCC1CCC(C(=O)N[C@@H](Cc2cccc(Oc3cc(Cl)ccc3[N+](=O)[O-])c2)C(=O)Nc2ccncc2)CC1. The number of amides is 2. The molecule has 220 valence electrons. The van der Waals surface area contributed by atoms with Crippen molar-refractivity contribution in [1.29, 1.82) is 0 Å². The Hall–Kier alpha value is -3.44. The molecule has 13 heteroatoms. The topological polar surface area (TPSA) is 149 Å². The van der Waals surface area contributed by atoms with Gasteiger partial charge in [0.25, 0.3) is 0 Å². The Morgan fingerprint density at radius 1 is 1.07 bits per heavy atom. The zero-order valence-electron chi connectivity index (χ0n) is 22.0. The summed E-state index contributed by atoms with van der Waals surface area (Å²) in [5.41, 5.74) is 6.81. The second kappa shape index (κ2) is 16.1. The molecule has 0 bridgehead atoms. The zero-order chi connectivity index (χ0) is 27.8. The van der Waals surface area contributed by atoms with Crippen molar-refractivity contribution >= 4 is 59.6 Å². The first-order chi connectivity index (χ1) is 18.8. The van der Waals surface area contributed by atoms with Crippen molar-refractivity contribution in [2.24, 2.45) is 17.6 Å². The van der Waals surface area contributed by atoms with Gasteiger partial charge < -0.3 is 21.1 Å². The van der Waals surface area contributed by atoms with E-state index < -0.39 is 11.0 Å². The molecule has 0 saturated heterocycles. The predicted octanol–water partition coefficient (Wildman–Crippen LogP) is 5.71. The van der Waals surface area contributed by atoms with E-state index in [0.717, 1.165) is 25.7 Å². The van der Waals surface area contributed by atoms with E-state index in [0.29, 0.717) is 34.5 Å². The van der Waals surface area contributed by atoms with Crippen LogP contribution in [0.2, 0.25) is 5.02 Å². The second-order valence-corrected chi connectivity index (χ2v) is 10.00. The first-order valence-corrected chi connectivity index (χ1v) is 13.1. The lowest BCUT2D eigenvalue weighted by molar-refractivity contribution is -0.385. The van der Waals surface area contributed by atoms with Crippen LogP contribution in [0.25, 0.3) is 0 Å². The maximum atomic E-state index is 13.3. The van der Waals surface area contributed by atoms with Gasteiger partial charge in [0.15, 0.2) is 0 Å². The van der Waals surface area contributed by atoms with Crippen LogP contribution in [0.15, 0.2) is 67.0 Å². The van der Waals surface area contributed by atoms with Crippen LogP contribution in [-0.2, 0) is 16.0 Å². The molecule has 3 aromatic rings. The van der Waals surface area contributed by atoms with Crippen molar-refractivity contribution in [2.45, 2.75) is 38.1 Å². The highest BCUT2D eigenvalue weighted by atomic mass is 35.5. The third-order valence-electron chi connectivity index (χ3n) is 6.82. The van der Waals surface area contributed by atoms with E-state index >= 15 is 0 Å². The van der Waals surface area contributed by atoms with E-state index in [4.69, 9.17) is 22.1 Å². The molecule has 2 aromatic carbocycles. The number of ether oxygens (including phenoxy) is 1. The van der Waals surface area contributed by atoms with Crippen molar-refractivity contribution < 1.29 is 19.2 Å². The number of aromatic nitrogens is 1. The average Bonchev–Trinajstić information content (AvgIpc) is 2.93. The van der Waals surface area contributed by atoms with Crippen molar-refractivity contribution in [3.8, 4) is 11.5 Å². The van der Waals surface area contributed by atoms with Crippen LogP contribution in [-0.4, -0.2) is 34.3 Å². The number of carbonyl (C=O) groups excluding carboxylic acids is 2. The fourth-order valence-corrected chi connectivity index (χ4v) is 4.81. The lowest BCUT2D eigenvalue weighted by Crippen LogP contribution is -2.48. The molecule has 1 saturated carbocycles. The summed E-state index contributed by atoms with van der Waals surface area (Å²) in [4.78, 5) is 41.3. The molecule has 0 aliphatic heterocycles. The minimum atomic E-state index is -0.867. The first-order valence-electron chi connectivity index (χ1n) is 12.7. The van der Waals surface area contributed by atoms with E-state index in [1.165, 1.54) is 18.2 Å². The summed E-state index contributed by atoms with van der Waals surface area (Å²) in [6, 6.07) is 13.4. The van der Waals surface area contributed by atoms with Gasteiger partial charge in [0.1, 0.15) is 11.8 Å². The van der Waals surface area contributed by atoms with Gasteiger partial charge >= 0.3 is 5.69 Å². The molecule has 1 heterocycles. The van der Waals surface area contributed by atoms with Crippen LogP contribution in [0, 0.1) is 22.0 Å². The van der Waals surface area contributed by atoms with Gasteiger partial charge in [-0.15, -0.1) is 24.8 Å². The van der Waals surface area contributed by atoms with Gasteiger partial charge in [-0.25, -0.2) is 0 Å². The van der Waals surface area contributed by atoms with Crippen LogP contribution in [0.4, 0.5) is 11.4 Å². The summed E-state index contributed by atoms with van der Waals surface area (Å²) in [6.07, 6.45) is 6.54. The number of hydrogen-bond donors (Lipinski definition) is 3. The summed E-state index contributed by atoms with van der Waals surface area (Å²) in [5, 5.41) is 17.5. The number of halogens is 3. The summed E-state index contributed by atoms with van der Waals surface area (Å²) >= 11 is 6.02. The van der Waals surface area contributed by atoms with Crippen LogP contribution in [0.3, 0.4) is 0 Å². The smallest absolute Gasteiger partial charge is 0.311 e. The third kappa shape index (κ3) is 9.57. The monoisotopic (exact) mass is 623 g/mol. The van der Waals surface area contributed by atoms with E-state index in [1.807, 2.05) is 0 Å². The molecule has 4 rings (SSSR count). The predicted molar refractivity (Wildman–Crippen MR) is 162 cm³/mol. The third-order valence-corrected chi connectivity index (χ3v) is 7.05. The molecule has 0 spiro atoms. The Balaban J connectivity index is 0.00000294. The number of nitro groups is 1. The Kier molecular flexibility index (Phi) is 13.3. The van der Waals surface area contributed by atoms with Crippen LogP contribution in [0.5, 0.6) is 11.5 Å². The lowest BCUT2D eigenvalue weighted by Gasteiger charge is -2.28. The lowest BCUT2D eigenvalue weighted by atomic mass is 9.81. The summed E-state index contributed by atoms with van der Waals surface area (Å²) < 4.78 is 5.80. The molecule has 0 radical (unpaired) electrons. The standard InChI is InChI=1S/C28H30ClN5O5.2ClH/c29-21-8-9-25(34(37)38)26(16-21)39-23-3-1-2-19(14-23)15-24(28(36)32-22-10-12-31-13-11-22)33-27(35)20-6-4-18(17-30)5-7-20;;/h1-3,8-14,16,18,20,24H,4-7,15,17,30H2,(H,33,35)(H,31,32,36);2*1H/t18?,20?,24-;;/m0../s1. The molecule has 0 unspecified atom stereocenters. The Bertz CT molecular complexity index is 1320. The number of benzene rings is 2. The van der Waals surface area contributed by atoms with Crippen molar-refractivity contribution in [3.05, 3.63) is 87.7 Å². The molecule has 1 aliphatic carbocycles. The highest BCUT2D eigenvalue weighted by Gasteiger charge is 2.29. The van der Waals surface area contributed by atoms with Crippen LogP contribution in [0.1, 0.15) is 31.2 Å². The Morgan fingerprint density at radius 3 is 2.44 bits per heavy atom. The Morgan fingerprint density at radius 2 is 1.78 bits per heavy atom. The number of carbonyl (C=O) groups is 2. The van der Waals surface area contributed by atoms with Crippen molar-refractivity contribution in [3.63, 3.8) is 0 Å². The van der Waals surface area contributed by atoms with E-state index in [-0.39, 0.29) is 60.4 Å². The highest BCUT2D eigenvalue weighted by Crippen LogP contribution is 2.34. The minimum Gasteiger partial charge on any atom is -0.450 e. The second-order valence-electron chi connectivity index (χ2n) is 9.56. The maximum Gasteiger partial charge on any atom is 0.311 e. The van der Waals surface area contributed by atoms with E-state index in [9.17, 15) is 19.7 Å². The minimum absolute atomic E-state index is 0. The fraction of sp³-hybridized carbons (Fsp3) is 0.321. The molecule has 1 atom stereocenters. The number of nitrogens with one attached hydrogen (secondary N) is 2. The largest absolute Gasteiger partial charge is 0.450 e. The molecule has 2 amide bonds. The van der Waals surface area contributed by atoms with Gasteiger partial charge in [0.05, 0.1) is 4.92 Å². The van der Waals surface area contributed by atoms with Gasteiger partial charge in [-0.2, -0.15) is 0 Å². The quantitative estimate of drug-likeness (QED) is 0.193. The van der Waals surface area contributed by atoms with Gasteiger partial charge in [-0.1, -0.05) is 23.7 Å².